The lowest BCUT2D eigenvalue weighted by Gasteiger charge is -2.13. The summed E-state index contributed by atoms with van der Waals surface area (Å²) >= 11 is 0. The lowest BCUT2D eigenvalue weighted by Crippen LogP contribution is -2.17. The van der Waals surface area contributed by atoms with E-state index in [0.717, 1.165) is 10.9 Å². The number of tetrazole rings is 1. The van der Waals surface area contributed by atoms with Crippen LogP contribution in [0.25, 0.3) is 22.6 Å². The molecule has 0 aliphatic carbocycles. The number of aryl methyl sites for hydroxylation is 1. The van der Waals surface area contributed by atoms with E-state index in [2.05, 4.69) is 30.7 Å². The van der Waals surface area contributed by atoms with Crippen molar-refractivity contribution >= 4 is 16.7 Å². The number of ether oxygens (including phenoxy) is 1. The number of nitrogens with zero attached hydrogens (tertiary/aromatic N) is 3. The number of furan rings is 1. The average Bonchev–Trinajstić information content (AvgIpc) is 3.29. The van der Waals surface area contributed by atoms with E-state index in [-0.39, 0.29) is 5.75 Å². The Hall–Kier alpha value is -3.56. The lowest BCUT2D eigenvalue weighted by atomic mass is 10.1. The summed E-state index contributed by atoms with van der Waals surface area (Å²) in [4.78, 5) is 0. The van der Waals surface area contributed by atoms with Crippen LogP contribution in [0, 0.1) is 6.92 Å². The average molecular weight is 389 g/mol. The van der Waals surface area contributed by atoms with Gasteiger partial charge in [0.15, 0.2) is 5.76 Å². The second-order valence-corrected chi connectivity index (χ2v) is 6.10. The number of anilines is 1. The van der Waals surface area contributed by atoms with Gasteiger partial charge >= 0.3 is 6.36 Å². The molecule has 7 nitrogen and oxygen atoms in total. The molecular formula is C18H14F3N5O2. The van der Waals surface area contributed by atoms with Crippen molar-refractivity contribution < 1.29 is 22.3 Å². The van der Waals surface area contributed by atoms with Crippen LogP contribution in [-0.2, 0) is 6.54 Å². The predicted molar refractivity (Wildman–Crippen MR) is 94.6 cm³/mol. The van der Waals surface area contributed by atoms with Crippen LogP contribution < -0.4 is 10.1 Å². The van der Waals surface area contributed by atoms with Gasteiger partial charge in [-0.15, -0.1) is 23.4 Å². The van der Waals surface area contributed by atoms with Gasteiger partial charge in [0.05, 0.1) is 0 Å². The molecule has 144 valence electrons. The SMILES string of the molecule is Cc1cc(NCc2ccc3cc(-c4nn[nH]n4)oc3c2)ccc1OC(F)(F)F. The number of aromatic nitrogens is 4. The van der Waals surface area contributed by atoms with Gasteiger partial charge in [-0.2, -0.15) is 5.21 Å². The zero-order chi connectivity index (χ0) is 19.7. The Morgan fingerprint density at radius 3 is 2.71 bits per heavy atom. The van der Waals surface area contributed by atoms with Crippen molar-refractivity contribution in [2.75, 3.05) is 5.32 Å². The number of aromatic amines is 1. The maximum absolute atomic E-state index is 12.4. The van der Waals surface area contributed by atoms with Crippen molar-refractivity contribution in [3.63, 3.8) is 0 Å². The molecule has 4 rings (SSSR count). The summed E-state index contributed by atoms with van der Waals surface area (Å²) in [5.41, 5.74) is 2.67. The van der Waals surface area contributed by atoms with Crippen LogP contribution in [0.5, 0.6) is 5.75 Å². The topological polar surface area (TPSA) is 88.9 Å². The molecule has 0 aliphatic heterocycles. The summed E-state index contributed by atoms with van der Waals surface area (Å²) in [5.74, 6) is 0.654. The number of halogens is 3. The van der Waals surface area contributed by atoms with Crippen LogP contribution in [0.15, 0.2) is 46.9 Å². The fourth-order valence-corrected chi connectivity index (χ4v) is 2.76. The minimum Gasteiger partial charge on any atom is -0.453 e. The van der Waals surface area contributed by atoms with E-state index in [1.54, 1.807) is 13.0 Å². The molecule has 2 aromatic carbocycles. The summed E-state index contributed by atoms with van der Waals surface area (Å²) in [6, 6.07) is 12.0. The first-order valence-corrected chi connectivity index (χ1v) is 8.24. The number of nitrogens with one attached hydrogen (secondary N) is 2. The van der Waals surface area contributed by atoms with Gasteiger partial charge in [-0.1, -0.05) is 12.1 Å². The Morgan fingerprint density at radius 1 is 1.14 bits per heavy atom. The first-order valence-electron chi connectivity index (χ1n) is 8.24. The molecule has 0 unspecified atom stereocenters. The van der Waals surface area contributed by atoms with Crippen LogP contribution in [0.4, 0.5) is 18.9 Å². The molecular weight excluding hydrogens is 375 g/mol. The maximum atomic E-state index is 12.4. The molecule has 2 N–H and O–H groups in total. The third-order valence-electron chi connectivity index (χ3n) is 4.05. The van der Waals surface area contributed by atoms with Gasteiger partial charge in [0.2, 0.25) is 5.82 Å². The first-order chi connectivity index (χ1) is 13.4. The van der Waals surface area contributed by atoms with Crippen molar-refractivity contribution in [1.29, 1.82) is 0 Å². The van der Waals surface area contributed by atoms with E-state index in [1.165, 1.54) is 12.1 Å². The van der Waals surface area contributed by atoms with E-state index in [9.17, 15) is 13.2 Å². The highest BCUT2D eigenvalue weighted by atomic mass is 19.4. The second kappa shape index (κ2) is 6.87. The lowest BCUT2D eigenvalue weighted by molar-refractivity contribution is -0.274. The summed E-state index contributed by atoms with van der Waals surface area (Å²) in [6.07, 6.45) is -4.71. The predicted octanol–water partition coefficient (Wildman–Crippen LogP) is 4.43. The van der Waals surface area contributed by atoms with Crippen molar-refractivity contribution in [2.45, 2.75) is 19.8 Å². The molecule has 0 saturated heterocycles. The fraction of sp³-hybridized carbons (Fsp3) is 0.167. The van der Waals surface area contributed by atoms with Gasteiger partial charge in [-0.3, -0.25) is 0 Å². The van der Waals surface area contributed by atoms with E-state index >= 15 is 0 Å². The molecule has 0 amide bonds. The van der Waals surface area contributed by atoms with Crippen molar-refractivity contribution in [3.8, 4) is 17.3 Å². The molecule has 0 fully saturated rings. The van der Waals surface area contributed by atoms with Crippen LogP contribution in [0.2, 0.25) is 0 Å². The number of benzene rings is 2. The van der Waals surface area contributed by atoms with Crippen LogP contribution in [0.3, 0.4) is 0 Å². The quantitative estimate of drug-likeness (QED) is 0.525. The molecule has 0 radical (unpaired) electrons. The Morgan fingerprint density at radius 2 is 2.00 bits per heavy atom. The Bertz CT molecular complexity index is 1110. The highest BCUT2D eigenvalue weighted by molar-refractivity contribution is 5.82. The number of rotatable bonds is 5. The van der Waals surface area contributed by atoms with Gasteiger partial charge < -0.3 is 14.5 Å². The molecule has 0 atom stereocenters. The maximum Gasteiger partial charge on any atom is 0.573 e. The minimum atomic E-state index is -4.71. The van der Waals surface area contributed by atoms with Crippen molar-refractivity contribution in [3.05, 3.63) is 53.6 Å². The Kier molecular flexibility index (Phi) is 4.38. The molecule has 2 aromatic heterocycles. The minimum absolute atomic E-state index is 0.218. The third kappa shape index (κ3) is 3.90. The number of hydrogen-bond donors (Lipinski definition) is 2. The van der Waals surface area contributed by atoms with Gasteiger partial charge in [0, 0.05) is 17.6 Å². The number of alkyl halides is 3. The summed E-state index contributed by atoms with van der Waals surface area (Å²) in [7, 11) is 0. The van der Waals surface area contributed by atoms with Crippen LogP contribution in [0.1, 0.15) is 11.1 Å². The summed E-state index contributed by atoms with van der Waals surface area (Å²) in [6.45, 7) is 2.02. The smallest absolute Gasteiger partial charge is 0.453 e. The largest absolute Gasteiger partial charge is 0.573 e. The highest BCUT2D eigenvalue weighted by Crippen LogP contribution is 2.29. The Labute approximate surface area is 156 Å². The molecule has 0 spiro atoms. The zero-order valence-corrected chi connectivity index (χ0v) is 14.5. The van der Waals surface area contributed by atoms with Crippen LogP contribution in [-0.4, -0.2) is 27.0 Å². The van der Waals surface area contributed by atoms with Gasteiger partial charge in [0.1, 0.15) is 11.3 Å². The van der Waals surface area contributed by atoms with Crippen LogP contribution >= 0.6 is 0 Å². The summed E-state index contributed by atoms with van der Waals surface area (Å²) in [5, 5.41) is 17.7. The molecule has 0 aliphatic rings. The molecule has 28 heavy (non-hydrogen) atoms. The van der Waals surface area contributed by atoms with E-state index in [1.807, 2.05) is 24.3 Å². The van der Waals surface area contributed by atoms with E-state index in [0.29, 0.717) is 35.0 Å². The van der Waals surface area contributed by atoms with Gasteiger partial charge in [0.25, 0.3) is 0 Å². The monoisotopic (exact) mass is 389 g/mol. The molecule has 2 heterocycles. The highest BCUT2D eigenvalue weighted by Gasteiger charge is 2.31. The summed E-state index contributed by atoms with van der Waals surface area (Å²) < 4.78 is 46.8. The second-order valence-electron chi connectivity index (χ2n) is 6.10. The standard InChI is InChI=1S/C18H14F3N5O2/c1-10-6-13(4-5-14(10)28-18(19,20)21)22-9-11-2-3-12-8-16(27-15(12)7-11)17-23-25-26-24-17/h2-8,22H,9H2,1H3,(H,23,24,25,26). The molecule has 0 saturated carbocycles. The Balaban J connectivity index is 1.47. The van der Waals surface area contributed by atoms with Crippen molar-refractivity contribution in [2.24, 2.45) is 0 Å². The third-order valence-corrected chi connectivity index (χ3v) is 4.05. The fourth-order valence-electron chi connectivity index (χ4n) is 2.76. The van der Waals surface area contributed by atoms with Crippen molar-refractivity contribution in [1.82, 2.24) is 20.6 Å². The van der Waals surface area contributed by atoms with E-state index < -0.39 is 6.36 Å². The van der Waals surface area contributed by atoms with Gasteiger partial charge in [-0.25, -0.2) is 0 Å². The first kappa shape index (κ1) is 17.8. The zero-order valence-electron chi connectivity index (χ0n) is 14.5. The normalized spacial score (nSPS) is 11.7. The molecule has 10 heteroatoms. The van der Waals surface area contributed by atoms with Gasteiger partial charge in [-0.05, 0) is 53.6 Å². The molecule has 0 bridgehead atoms. The van der Waals surface area contributed by atoms with E-state index in [4.69, 9.17) is 4.42 Å². The number of H-pyrrole nitrogens is 1. The number of fused-ring (bicyclic) bond motifs is 1. The number of hydrogen-bond acceptors (Lipinski definition) is 6. The molecule has 4 aromatic rings.